The molecule has 0 atom stereocenters. The van der Waals surface area contributed by atoms with Crippen LogP contribution in [0.25, 0.3) is 11.0 Å². The maximum atomic E-state index is 10.7. The summed E-state index contributed by atoms with van der Waals surface area (Å²) >= 11 is 0. The third-order valence-electron chi connectivity index (χ3n) is 3.85. The molecule has 0 aliphatic heterocycles. The van der Waals surface area contributed by atoms with Gasteiger partial charge in [0, 0.05) is 36.3 Å². The number of phenolic OH excluding ortho intramolecular Hbond substituents is 1. The van der Waals surface area contributed by atoms with E-state index >= 15 is 0 Å². The standard InChI is InChI=1S/C11H15NO2.C9H6O3/c1-3-12(4-2)10-7-5-9(6-8-10)11(13)14;10-7-3-1-6-2-4-9(11)12-8(6)5-7/h5-8H,3-4H2,1-2H3,(H,13,14);1-5,10H. The largest absolute Gasteiger partial charge is 0.508 e. The van der Waals surface area contributed by atoms with Crippen molar-refractivity contribution in [1.82, 2.24) is 0 Å². The molecule has 0 fully saturated rings. The summed E-state index contributed by atoms with van der Waals surface area (Å²) in [7, 11) is 0. The summed E-state index contributed by atoms with van der Waals surface area (Å²) in [6, 6.07) is 14.6. The lowest BCUT2D eigenvalue weighted by molar-refractivity contribution is 0.0697. The van der Waals surface area contributed by atoms with Gasteiger partial charge in [-0.05, 0) is 56.3 Å². The van der Waals surface area contributed by atoms with Crippen molar-refractivity contribution in [3.8, 4) is 5.75 Å². The predicted octanol–water partition coefficient (Wildman–Crippen LogP) is 3.73. The van der Waals surface area contributed by atoms with Crippen molar-refractivity contribution in [3.63, 3.8) is 0 Å². The van der Waals surface area contributed by atoms with E-state index in [4.69, 9.17) is 14.6 Å². The normalized spacial score (nSPS) is 10.1. The number of nitrogens with zero attached hydrogens (tertiary/aromatic N) is 1. The van der Waals surface area contributed by atoms with Gasteiger partial charge in [-0.2, -0.15) is 0 Å². The molecule has 136 valence electrons. The fourth-order valence-electron chi connectivity index (χ4n) is 2.45. The number of aromatic hydroxyl groups is 1. The van der Waals surface area contributed by atoms with Gasteiger partial charge in [-0.15, -0.1) is 0 Å². The van der Waals surface area contributed by atoms with Crippen LogP contribution in [-0.4, -0.2) is 29.3 Å². The van der Waals surface area contributed by atoms with Gasteiger partial charge in [0.2, 0.25) is 0 Å². The molecule has 0 spiro atoms. The summed E-state index contributed by atoms with van der Waals surface area (Å²) in [6.45, 7) is 6.02. The van der Waals surface area contributed by atoms with Crippen LogP contribution >= 0.6 is 0 Å². The number of hydrogen-bond donors (Lipinski definition) is 2. The van der Waals surface area contributed by atoms with Gasteiger partial charge in [-0.3, -0.25) is 0 Å². The van der Waals surface area contributed by atoms with Crippen LogP contribution < -0.4 is 10.5 Å². The van der Waals surface area contributed by atoms with Gasteiger partial charge >= 0.3 is 11.6 Å². The molecule has 2 N–H and O–H groups in total. The average molecular weight is 355 g/mol. The molecule has 2 aromatic carbocycles. The summed E-state index contributed by atoms with van der Waals surface area (Å²) in [5, 5.41) is 18.6. The molecule has 0 unspecified atom stereocenters. The van der Waals surface area contributed by atoms with E-state index in [0.717, 1.165) is 24.2 Å². The Hall–Kier alpha value is -3.28. The van der Waals surface area contributed by atoms with E-state index in [2.05, 4.69) is 18.7 Å². The molecule has 1 heterocycles. The van der Waals surface area contributed by atoms with Crippen molar-refractivity contribution < 1.29 is 19.4 Å². The second-order valence-corrected chi connectivity index (χ2v) is 5.50. The number of anilines is 1. The molecule has 6 heteroatoms. The van der Waals surface area contributed by atoms with Crippen molar-refractivity contribution in [1.29, 1.82) is 0 Å². The molecule has 0 saturated heterocycles. The lowest BCUT2D eigenvalue weighted by Gasteiger charge is -2.20. The van der Waals surface area contributed by atoms with Gasteiger partial charge in [0.25, 0.3) is 0 Å². The smallest absolute Gasteiger partial charge is 0.336 e. The van der Waals surface area contributed by atoms with Crippen LogP contribution in [0.5, 0.6) is 5.75 Å². The topological polar surface area (TPSA) is 91.0 Å². The zero-order valence-corrected chi connectivity index (χ0v) is 14.7. The molecule has 0 bridgehead atoms. The van der Waals surface area contributed by atoms with Gasteiger partial charge in [-0.1, -0.05) is 0 Å². The molecule has 0 radical (unpaired) electrons. The molecule has 1 aromatic heterocycles. The number of carbonyl (C=O) groups is 1. The first-order chi connectivity index (χ1) is 12.4. The summed E-state index contributed by atoms with van der Waals surface area (Å²) in [5.41, 5.74) is 1.40. The Morgan fingerprint density at radius 3 is 2.19 bits per heavy atom. The maximum Gasteiger partial charge on any atom is 0.336 e. The number of phenols is 1. The lowest BCUT2D eigenvalue weighted by atomic mass is 10.2. The predicted molar refractivity (Wildman–Crippen MR) is 101 cm³/mol. The van der Waals surface area contributed by atoms with Crippen molar-refractivity contribution in [3.05, 3.63) is 70.6 Å². The number of hydrogen-bond acceptors (Lipinski definition) is 5. The van der Waals surface area contributed by atoms with Gasteiger partial charge < -0.3 is 19.5 Å². The minimum Gasteiger partial charge on any atom is -0.508 e. The van der Waals surface area contributed by atoms with Gasteiger partial charge in [0.1, 0.15) is 11.3 Å². The third kappa shape index (κ3) is 4.86. The first-order valence-corrected chi connectivity index (χ1v) is 8.25. The van der Waals surface area contributed by atoms with Crippen LogP contribution in [0.4, 0.5) is 5.69 Å². The van der Waals surface area contributed by atoms with E-state index < -0.39 is 11.6 Å². The first-order valence-electron chi connectivity index (χ1n) is 8.25. The van der Waals surface area contributed by atoms with Crippen LogP contribution in [0.1, 0.15) is 24.2 Å². The van der Waals surface area contributed by atoms with Crippen LogP contribution in [0, 0.1) is 0 Å². The van der Waals surface area contributed by atoms with Crippen molar-refractivity contribution >= 4 is 22.6 Å². The summed E-state index contributed by atoms with van der Waals surface area (Å²) in [5.74, 6) is -0.784. The monoisotopic (exact) mass is 355 g/mol. The number of carboxylic acids is 1. The van der Waals surface area contributed by atoms with E-state index in [9.17, 15) is 9.59 Å². The molecule has 26 heavy (non-hydrogen) atoms. The van der Waals surface area contributed by atoms with E-state index in [1.807, 2.05) is 12.1 Å². The summed E-state index contributed by atoms with van der Waals surface area (Å²) in [6.07, 6.45) is 0. The molecule has 3 rings (SSSR count). The van der Waals surface area contributed by atoms with E-state index in [0.29, 0.717) is 11.1 Å². The Morgan fingerprint density at radius 2 is 1.62 bits per heavy atom. The highest BCUT2D eigenvalue weighted by atomic mass is 16.4. The number of aromatic carboxylic acids is 1. The number of benzene rings is 2. The minimum absolute atomic E-state index is 0.0943. The maximum absolute atomic E-state index is 10.7. The second kappa shape index (κ2) is 8.71. The number of rotatable bonds is 4. The van der Waals surface area contributed by atoms with Crippen molar-refractivity contribution in [2.45, 2.75) is 13.8 Å². The Bertz CT molecular complexity index is 927. The highest BCUT2D eigenvalue weighted by molar-refractivity contribution is 5.88. The molecule has 0 saturated carbocycles. The van der Waals surface area contributed by atoms with Crippen LogP contribution in [0.2, 0.25) is 0 Å². The van der Waals surface area contributed by atoms with Gasteiger partial charge in [0.05, 0.1) is 5.56 Å². The second-order valence-electron chi connectivity index (χ2n) is 5.50. The molecule has 0 amide bonds. The molecule has 3 aromatic rings. The van der Waals surface area contributed by atoms with Crippen LogP contribution in [0.15, 0.2) is 63.8 Å². The molecular formula is C20H21NO5. The summed E-state index contributed by atoms with van der Waals surface area (Å²) in [4.78, 5) is 23.5. The van der Waals surface area contributed by atoms with Gasteiger partial charge in [-0.25, -0.2) is 9.59 Å². The molecule has 0 aliphatic carbocycles. The fraction of sp³-hybridized carbons (Fsp3) is 0.200. The lowest BCUT2D eigenvalue weighted by Crippen LogP contribution is -2.21. The molecular weight excluding hydrogens is 334 g/mol. The van der Waals surface area contributed by atoms with E-state index in [1.54, 1.807) is 30.3 Å². The van der Waals surface area contributed by atoms with Gasteiger partial charge in [0.15, 0.2) is 0 Å². The van der Waals surface area contributed by atoms with Crippen molar-refractivity contribution in [2.24, 2.45) is 0 Å². The number of carboxylic acid groups (broad SMARTS) is 1. The minimum atomic E-state index is -0.879. The molecule has 0 aliphatic rings. The highest BCUT2D eigenvalue weighted by Gasteiger charge is 2.04. The van der Waals surface area contributed by atoms with E-state index in [1.165, 1.54) is 12.1 Å². The zero-order chi connectivity index (χ0) is 19.1. The quantitative estimate of drug-likeness (QED) is 0.693. The van der Waals surface area contributed by atoms with E-state index in [-0.39, 0.29) is 5.75 Å². The number of fused-ring (bicyclic) bond motifs is 1. The summed E-state index contributed by atoms with van der Waals surface area (Å²) < 4.78 is 4.83. The van der Waals surface area contributed by atoms with Crippen LogP contribution in [0.3, 0.4) is 0 Å². The molecule has 6 nitrogen and oxygen atoms in total. The highest BCUT2D eigenvalue weighted by Crippen LogP contribution is 2.17. The Balaban J connectivity index is 0.000000189. The first kappa shape index (κ1) is 19.1. The Kier molecular flexibility index (Phi) is 6.38. The Morgan fingerprint density at radius 1 is 1.00 bits per heavy atom. The van der Waals surface area contributed by atoms with Crippen LogP contribution in [-0.2, 0) is 0 Å². The van der Waals surface area contributed by atoms with Crippen molar-refractivity contribution in [2.75, 3.05) is 18.0 Å². The Labute approximate surface area is 150 Å². The average Bonchev–Trinajstić information content (AvgIpc) is 2.63. The third-order valence-corrected chi connectivity index (χ3v) is 3.85. The SMILES string of the molecule is CCN(CC)c1ccc(C(=O)O)cc1.O=c1ccc2ccc(O)cc2o1. The zero-order valence-electron chi connectivity index (χ0n) is 14.7. The fourth-order valence-corrected chi connectivity index (χ4v) is 2.45.